The Kier molecular flexibility index (Phi) is 5.82. The lowest BCUT2D eigenvalue weighted by molar-refractivity contribution is -0.121. The van der Waals surface area contributed by atoms with Crippen LogP contribution in [0.25, 0.3) is 5.65 Å². The van der Waals surface area contributed by atoms with Gasteiger partial charge in [0.2, 0.25) is 5.91 Å². The maximum absolute atomic E-state index is 12.0. The summed E-state index contributed by atoms with van der Waals surface area (Å²) in [5.74, 6) is 1.40. The smallest absolute Gasteiger partial charge is 0.321 e. The quantitative estimate of drug-likeness (QED) is 0.843. The Bertz CT molecular complexity index is 764. The molecular formula is C18H26N6O2. The van der Waals surface area contributed by atoms with E-state index in [0.29, 0.717) is 18.4 Å². The number of fused-ring (bicyclic) bond motifs is 1. The van der Waals surface area contributed by atoms with E-state index in [1.54, 1.807) is 0 Å². The number of aromatic nitrogens is 3. The van der Waals surface area contributed by atoms with Crippen LogP contribution < -0.4 is 10.6 Å². The van der Waals surface area contributed by atoms with Gasteiger partial charge in [-0.15, -0.1) is 10.2 Å². The molecule has 140 valence electrons. The molecule has 1 fully saturated rings. The topological polar surface area (TPSA) is 91.6 Å². The van der Waals surface area contributed by atoms with Gasteiger partial charge in [0.1, 0.15) is 5.82 Å². The first-order valence-corrected chi connectivity index (χ1v) is 9.12. The predicted molar refractivity (Wildman–Crippen MR) is 97.8 cm³/mol. The van der Waals surface area contributed by atoms with Crippen LogP contribution >= 0.6 is 0 Å². The Labute approximate surface area is 153 Å². The number of imide groups is 1. The van der Waals surface area contributed by atoms with E-state index >= 15 is 0 Å². The van der Waals surface area contributed by atoms with Crippen LogP contribution in [0, 0.1) is 5.92 Å². The van der Waals surface area contributed by atoms with E-state index in [-0.39, 0.29) is 12.5 Å². The summed E-state index contributed by atoms with van der Waals surface area (Å²) in [6.45, 7) is 6.40. The van der Waals surface area contributed by atoms with Crippen LogP contribution in [-0.2, 0) is 4.79 Å². The molecule has 2 N–H and O–H groups in total. The standard InChI is InChI=1S/C18H26N6O2/c1-13(2)11-19-18(26)20-16(25)12-23-9-6-14(7-10-23)17-22-21-15-5-3-4-8-24(15)17/h3-5,8,13-14H,6-7,9-12H2,1-2H3,(H2,19,20,25,26). The van der Waals surface area contributed by atoms with Crippen molar-refractivity contribution in [1.29, 1.82) is 0 Å². The second kappa shape index (κ2) is 8.27. The molecule has 0 bridgehead atoms. The number of rotatable bonds is 5. The highest BCUT2D eigenvalue weighted by Gasteiger charge is 2.25. The predicted octanol–water partition coefficient (Wildman–Crippen LogP) is 1.39. The van der Waals surface area contributed by atoms with Crippen molar-refractivity contribution in [3.05, 3.63) is 30.2 Å². The summed E-state index contributed by atoms with van der Waals surface area (Å²) in [5, 5.41) is 13.6. The third-order valence-electron chi connectivity index (χ3n) is 4.58. The number of likely N-dealkylation sites (tertiary alicyclic amines) is 1. The molecule has 0 aliphatic carbocycles. The highest BCUT2D eigenvalue weighted by Crippen LogP contribution is 2.26. The Balaban J connectivity index is 1.46. The maximum atomic E-state index is 12.0. The first-order valence-electron chi connectivity index (χ1n) is 9.12. The normalized spacial score (nSPS) is 16.1. The van der Waals surface area contributed by atoms with Crippen molar-refractivity contribution >= 4 is 17.6 Å². The second-order valence-electron chi connectivity index (χ2n) is 7.19. The van der Waals surface area contributed by atoms with Gasteiger partial charge in [-0.05, 0) is 44.0 Å². The van der Waals surface area contributed by atoms with Crippen molar-refractivity contribution in [2.24, 2.45) is 5.92 Å². The van der Waals surface area contributed by atoms with Gasteiger partial charge in [-0.2, -0.15) is 0 Å². The lowest BCUT2D eigenvalue weighted by Gasteiger charge is -2.30. The highest BCUT2D eigenvalue weighted by atomic mass is 16.2. The minimum Gasteiger partial charge on any atom is -0.338 e. The second-order valence-corrected chi connectivity index (χ2v) is 7.19. The minimum atomic E-state index is -0.423. The zero-order valence-corrected chi connectivity index (χ0v) is 15.3. The molecule has 0 unspecified atom stereocenters. The average Bonchev–Trinajstić information content (AvgIpc) is 3.05. The minimum absolute atomic E-state index is 0.238. The monoisotopic (exact) mass is 358 g/mol. The number of amides is 3. The summed E-state index contributed by atoms with van der Waals surface area (Å²) in [6, 6.07) is 5.45. The fourth-order valence-corrected chi connectivity index (χ4v) is 3.20. The van der Waals surface area contributed by atoms with Gasteiger partial charge in [-0.1, -0.05) is 19.9 Å². The van der Waals surface area contributed by atoms with Gasteiger partial charge in [0.15, 0.2) is 5.65 Å². The SMILES string of the molecule is CC(C)CNC(=O)NC(=O)CN1CCC(c2nnc3ccccn23)CC1. The molecule has 3 amide bonds. The summed E-state index contributed by atoms with van der Waals surface area (Å²) in [4.78, 5) is 25.7. The number of nitrogens with one attached hydrogen (secondary N) is 2. The van der Waals surface area contributed by atoms with Crippen LogP contribution in [-0.4, -0.2) is 57.6 Å². The van der Waals surface area contributed by atoms with Gasteiger partial charge in [0.25, 0.3) is 0 Å². The molecule has 0 aromatic carbocycles. The molecule has 26 heavy (non-hydrogen) atoms. The molecule has 0 saturated carbocycles. The van der Waals surface area contributed by atoms with Gasteiger partial charge < -0.3 is 5.32 Å². The molecule has 3 rings (SSSR count). The third kappa shape index (κ3) is 4.57. The number of hydrogen-bond acceptors (Lipinski definition) is 5. The van der Waals surface area contributed by atoms with Gasteiger partial charge in [0, 0.05) is 18.7 Å². The molecule has 1 saturated heterocycles. The van der Waals surface area contributed by atoms with E-state index in [4.69, 9.17) is 0 Å². The fourth-order valence-electron chi connectivity index (χ4n) is 3.20. The number of hydrogen-bond donors (Lipinski definition) is 2. The Morgan fingerprint density at radius 1 is 1.23 bits per heavy atom. The molecule has 1 aliphatic heterocycles. The van der Waals surface area contributed by atoms with Crippen molar-refractivity contribution in [3.63, 3.8) is 0 Å². The zero-order valence-electron chi connectivity index (χ0n) is 15.3. The van der Waals surface area contributed by atoms with E-state index in [2.05, 4.69) is 25.7 Å². The van der Waals surface area contributed by atoms with Gasteiger partial charge >= 0.3 is 6.03 Å². The summed E-state index contributed by atoms with van der Waals surface area (Å²) >= 11 is 0. The van der Waals surface area contributed by atoms with E-state index in [9.17, 15) is 9.59 Å². The van der Waals surface area contributed by atoms with Crippen molar-refractivity contribution in [2.75, 3.05) is 26.2 Å². The number of nitrogens with zero attached hydrogens (tertiary/aromatic N) is 4. The van der Waals surface area contributed by atoms with Crippen molar-refractivity contribution in [2.45, 2.75) is 32.6 Å². The first-order chi connectivity index (χ1) is 12.5. The molecule has 3 heterocycles. The Hall–Kier alpha value is -2.48. The van der Waals surface area contributed by atoms with E-state index in [1.807, 2.05) is 42.6 Å². The molecule has 0 spiro atoms. The summed E-state index contributed by atoms with van der Waals surface area (Å²) < 4.78 is 2.03. The van der Waals surface area contributed by atoms with E-state index in [0.717, 1.165) is 37.4 Å². The molecule has 1 aliphatic rings. The average molecular weight is 358 g/mol. The van der Waals surface area contributed by atoms with E-state index < -0.39 is 6.03 Å². The summed E-state index contributed by atoms with van der Waals surface area (Å²) in [7, 11) is 0. The van der Waals surface area contributed by atoms with Crippen molar-refractivity contribution in [1.82, 2.24) is 30.1 Å². The summed E-state index contributed by atoms with van der Waals surface area (Å²) in [5.41, 5.74) is 0.858. The zero-order chi connectivity index (χ0) is 18.5. The van der Waals surface area contributed by atoms with Crippen LogP contribution in [0.5, 0.6) is 0 Å². The van der Waals surface area contributed by atoms with Crippen LogP contribution in [0.1, 0.15) is 38.4 Å². The molecular weight excluding hydrogens is 332 g/mol. The van der Waals surface area contributed by atoms with Crippen molar-refractivity contribution in [3.8, 4) is 0 Å². The van der Waals surface area contributed by atoms with E-state index in [1.165, 1.54) is 0 Å². The molecule has 2 aromatic heterocycles. The largest absolute Gasteiger partial charge is 0.338 e. The number of pyridine rings is 1. The van der Waals surface area contributed by atoms with Crippen LogP contribution in [0.3, 0.4) is 0 Å². The number of carbonyl (C=O) groups is 2. The molecule has 0 atom stereocenters. The van der Waals surface area contributed by atoms with Crippen molar-refractivity contribution < 1.29 is 9.59 Å². The molecule has 2 aromatic rings. The Morgan fingerprint density at radius 2 is 2.00 bits per heavy atom. The van der Waals surface area contributed by atoms with Gasteiger partial charge in [0.05, 0.1) is 6.54 Å². The van der Waals surface area contributed by atoms with Crippen LogP contribution in [0.2, 0.25) is 0 Å². The summed E-state index contributed by atoms with van der Waals surface area (Å²) in [6.07, 6.45) is 3.82. The van der Waals surface area contributed by atoms with Crippen LogP contribution in [0.15, 0.2) is 24.4 Å². The maximum Gasteiger partial charge on any atom is 0.321 e. The van der Waals surface area contributed by atoms with Crippen LogP contribution in [0.4, 0.5) is 4.79 Å². The highest BCUT2D eigenvalue weighted by molar-refractivity contribution is 5.95. The first kappa shape index (κ1) is 18.3. The lowest BCUT2D eigenvalue weighted by atomic mass is 9.96. The lowest BCUT2D eigenvalue weighted by Crippen LogP contribution is -2.46. The van der Waals surface area contributed by atoms with Gasteiger partial charge in [-0.25, -0.2) is 4.79 Å². The number of piperidine rings is 1. The third-order valence-corrected chi connectivity index (χ3v) is 4.58. The molecule has 8 nitrogen and oxygen atoms in total. The Morgan fingerprint density at radius 3 is 2.73 bits per heavy atom. The molecule has 8 heteroatoms. The van der Waals surface area contributed by atoms with Gasteiger partial charge in [-0.3, -0.25) is 19.4 Å². The number of carbonyl (C=O) groups excluding carboxylic acids is 2. The fraction of sp³-hybridized carbons (Fsp3) is 0.556. The number of urea groups is 1. The molecule has 0 radical (unpaired) electrons.